The lowest BCUT2D eigenvalue weighted by Crippen LogP contribution is -2.39. The molecule has 0 radical (unpaired) electrons. The fourth-order valence-corrected chi connectivity index (χ4v) is 4.27. The molecule has 0 aromatic heterocycles. The number of rotatable bonds is 6. The van der Waals surface area contributed by atoms with Crippen LogP contribution >= 0.6 is 0 Å². The van der Waals surface area contributed by atoms with E-state index >= 15 is 0 Å². The van der Waals surface area contributed by atoms with Gasteiger partial charge in [0, 0.05) is 25.2 Å². The molecule has 1 saturated carbocycles. The first-order valence-corrected chi connectivity index (χ1v) is 11.8. The number of nitrogens with one attached hydrogen (secondary N) is 2. The van der Waals surface area contributed by atoms with E-state index < -0.39 is 0 Å². The summed E-state index contributed by atoms with van der Waals surface area (Å²) < 4.78 is 0. The van der Waals surface area contributed by atoms with Crippen LogP contribution in [-0.2, 0) is 23.9 Å². The van der Waals surface area contributed by atoms with Gasteiger partial charge < -0.3 is 10.6 Å². The molecule has 0 unspecified atom stereocenters. The molecular weight excluding hydrogens is 364 g/mol. The molecule has 1 aliphatic carbocycles. The van der Waals surface area contributed by atoms with Crippen LogP contribution in [0.4, 0.5) is 0 Å². The largest absolute Gasteiger partial charge is 0.310 e. The molecule has 30 heavy (non-hydrogen) atoms. The molecule has 2 aromatic rings. The minimum atomic E-state index is 0.228. The highest BCUT2D eigenvalue weighted by Gasteiger charge is 2.21. The Labute approximate surface area is 184 Å². The van der Waals surface area contributed by atoms with Crippen molar-refractivity contribution in [2.45, 2.75) is 103 Å². The van der Waals surface area contributed by atoms with E-state index in [1.54, 1.807) is 0 Å². The molecule has 0 atom stereocenters. The fraction of sp³-hybridized carbons (Fsp3) is 0.571. The summed E-state index contributed by atoms with van der Waals surface area (Å²) in [7, 11) is 0. The van der Waals surface area contributed by atoms with Gasteiger partial charge in [0.2, 0.25) is 0 Å². The molecular formula is C28H42N2. The molecule has 0 spiro atoms. The Morgan fingerprint density at radius 1 is 0.567 bits per heavy atom. The number of hydrogen-bond donors (Lipinski definition) is 2. The van der Waals surface area contributed by atoms with E-state index in [1.807, 2.05) is 0 Å². The van der Waals surface area contributed by atoms with E-state index in [1.165, 1.54) is 47.9 Å². The van der Waals surface area contributed by atoms with Crippen LogP contribution in [0.5, 0.6) is 0 Å². The Bertz CT molecular complexity index is 698. The quantitative estimate of drug-likeness (QED) is 0.574. The highest BCUT2D eigenvalue weighted by Crippen LogP contribution is 2.24. The maximum Gasteiger partial charge on any atom is 0.0208 e. The van der Waals surface area contributed by atoms with Crippen LogP contribution in [0, 0.1) is 0 Å². The van der Waals surface area contributed by atoms with Crippen LogP contribution < -0.4 is 10.6 Å². The van der Waals surface area contributed by atoms with Gasteiger partial charge in [0.25, 0.3) is 0 Å². The summed E-state index contributed by atoms with van der Waals surface area (Å²) in [6.45, 7) is 15.6. The third-order valence-electron chi connectivity index (χ3n) is 6.56. The number of hydrogen-bond acceptors (Lipinski definition) is 2. The second-order valence-corrected chi connectivity index (χ2v) is 11.2. The molecule has 0 heterocycles. The molecule has 2 nitrogen and oxygen atoms in total. The maximum absolute atomic E-state index is 3.78. The van der Waals surface area contributed by atoms with Gasteiger partial charge in [0.15, 0.2) is 0 Å². The van der Waals surface area contributed by atoms with E-state index in [0.717, 1.165) is 13.1 Å². The standard InChI is InChI=1S/C28H42N2/c1-27(2,3)23-11-7-21(8-12-23)19-29-25-15-17-26(18-16-25)30-20-22-9-13-24(14-10-22)28(4,5)6/h7-14,25-26,29-30H,15-20H2,1-6H3. The summed E-state index contributed by atoms with van der Waals surface area (Å²) in [6.07, 6.45) is 5.06. The Kier molecular flexibility index (Phi) is 7.42. The van der Waals surface area contributed by atoms with Crippen molar-refractivity contribution in [1.82, 2.24) is 10.6 Å². The highest BCUT2D eigenvalue weighted by atomic mass is 14.9. The Morgan fingerprint density at radius 3 is 1.13 bits per heavy atom. The third kappa shape index (κ3) is 6.68. The molecule has 164 valence electrons. The summed E-state index contributed by atoms with van der Waals surface area (Å²) in [6, 6.07) is 19.6. The van der Waals surface area contributed by atoms with Gasteiger partial charge in [-0.2, -0.15) is 0 Å². The van der Waals surface area contributed by atoms with Crippen molar-refractivity contribution in [2.24, 2.45) is 0 Å². The molecule has 3 rings (SSSR count). The Hall–Kier alpha value is -1.64. The van der Waals surface area contributed by atoms with Crippen molar-refractivity contribution in [3.8, 4) is 0 Å². The van der Waals surface area contributed by atoms with Crippen LogP contribution in [0.2, 0.25) is 0 Å². The van der Waals surface area contributed by atoms with Crippen molar-refractivity contribution in [1.29, 1.82) is 0 Å². The molecule has 1 fully saturated rings. The van der Waals surface area contributed by atoms with E-state index in [9.17, 15) is 0 Å². The minimum Gasteiger partial charge on any atom is -0.310 e. The number of benzene rings is 2. The van der Waals surface area contributed by atoms with E-state index in [4.69, 9.17) is 0 Å². The summed E-state index contributed by atoms with van der Waals surface area (Å²) in [4.78, 5) is 0. The molecule has 0 saturated heterocycles. The second-order valence-electron chi connectivity index (χ2n) is 11.2. The predicted octanol–water partition coefficient (Wildman–Crippen LogP) is 6.47. The van der Waals surface area contributed by atoms with Crippen molar-refractivity contribution in [3.63, 3.8) is 0 Å². The average molecular weight is 407 g/mol. The SMILES string of the molecule is CC(C)(C)c1ccc(CNC2CCC(NCc3ccc(C(C)(C)C)cc3)CC2)cc1. The van der Waals surface area contributed by atoms with Crippen molar-refractivity contribution in [3.05, 3.63) is 70.8 Å². The smallest absolute Gasteiger partial charge is 0.0208 e. The normalized spacial score (nSPS) is 20.3. The molecule has 0 amide bonds. The first-order chi connectivity index (χ1) is 14.1. The lowest BCUT2D eigenvalue weighted by atomic mass is 9.86. The van der Waals surface area contributed by atoms with Gasteiger partial charge in [-0.15, -0.1) is 0 Å². The Morgan fingerprint density at radius 2 is 0.867 bits per heavy atom. The van der Waals surface area contributed by atoms with Gasteiger partial charge in [0.1, 0.15) is 0 Å². The molecule has 2 N–H and O–H groups in total. The van der Waals surface area contributed by atoms with E-state index in [2.05, 4.69) is 101 Å². The molecule has 0 bridgehead atoms. The van der Waals surface area contributed by atoms with Gasteiger partial charge in [-0.1, -0.05) is 90.1 Å². The van der Waals surface area contributed by atoms with Crippen LogP contribution in [-0.4, -0.2) is 12.1 Å². The van der Waals surface area contributed by atoms with Crippen LogP contribution in [0.3, 0.4) is 0 Å². The minimum absolute atomic E-state index is 0.228. The monoisotopic (exact) mass is 406 g/mol. The maximum atomic E-state index is 3.78. The molecule has 2 heteroatoms. The highest BCUT2D eigenvalue weighted by molar-refractivity contribution is 5.28. The topological polar surface area (TPSA) is 24.1 Å². The summed E-state index contributed by atoms with van der Waals surface area (Å²) in [5.41, 5.74) is 6.05. The van der Waals surface area contributed by atoms with E-state index in [-0.39, 0.29) is 10.8 Å². The summed E-state index contributed by atoms with van der Waals surface area (Å²) in [5.74, 6) is 0. The van der Waals surface area contributed by atoms with E-state index in [0.29, 0.717) is 12.1 Å². The van der Waals surface area contributed by atoms with Gasteiger partial charge >= 0.3 is 0 Å². The first kappa shape index (κ1) is 23.0. The second kappa shape index (κ2) is 9.66. The van der Waals surface area contributed by atoms with Crippen LogP contribution in [0.25, 0.3) is 0 Å². The summed E-state index contributed by atoms with van der Waals surface area (Å²) >= 11 is 0. The zero-order valence-electron chi connectivity index (χ0n) is 20.0. The first-order valence-electron chi connectivity index (χ1n) is 11.8. The molecule has 1 aliphatic rings. The van der Waals surface area contributed by atoms with Gasteiger partial charge in [0.05, 0.1) is 0 Å². The predicted molar refractivity (Wildman–Crippen MR) is 130 cm³/mol. The van der Waals surface area contributed by atoms with Gasteiger partial charge in [-0.3, -0.25) is 0 Å². The van der Waals surface area contributed by atoms with Gasteiger partial charge in [-0.05, 0) is 58.8 Å². The lowest BCUT2D eigenvalue weighted by Gasteiger charge is -2.30. The summed E-state index contributed by atoms with van der Waals surface area (Å²) in [5, 5.41) is 7.57. The molecule has 2 aromatic carbocycles. The zero-order valence-corrected chi connectivity index (χ0v) is 20.0. The average Bonchev–Trinajstić information content (AvgIpc) is 2.71. The van der Waals surface area contributed by atoms with Crippen molar-refractivity contribution in [2.75, 3.05) is 0 Å². The van der Waals surface area contributed by atoms with Crippen molar-refractivity contribution < 1.29 is 0 Å². The van der Waals surface area contributed by atoms with Crippen LogP contribution in [0.1, 0.15) is 89.5 Å². The molecule has 0 aliphatic heterocycles. The van der Waals surface area contributed by atoms with Crippen LogP contribution in [0.15, 0.2) is 48.5 Å². The third-order valence-corrected chi connectivity index (χ3v) is 6.56. The van der Waals surface area contributed by atoms with Crippen molar-refractivity contribution >= 4 is 0 Å². The van der Waals surface area contributed by atoms with Gasteiger partial charge in [-0.25, -0.2) is 0 Å². The fourth-order valence-electron chi connectivity index (χ4n) is 4.27. The zero-order chi connectivity index (χ0) is 21.8. The lowest BCUT2D eigenvalue weighted by molar-refractivity contribution is 0.305. The Balaban J connectivity index is 1.38.